The average molecular weight is 275 g/mol. The van der Waals surface area contributed by atoms with Gasteiger partial charge in [0.2, 0.25) is 5.91 Å². The van der Waals surface area contributed by atoms with E-state index in [-0.39, 0.29) is 18.5 Å². The Hall–Kier alpha value is -2.08. The molecule has 20 heavy (non-hydrogen) atoms. The Labute approximate surface area is 118 Å². The number of carbonyl (C=O) groups is 1. The predicted molar refractivity (Wildman–Crippen MR) is 79.6 cm³/mol. The minimum Gasteiger partial charge on any atom is -0.368 e. The molecular formula is C14H21N5O. The number of hydrogen-bond acceptors (Lipinski definition) is 4. The number of fused-ring (bicyclic) bond motifs is 1. The molecule has 0 fully saturated rings. The van der Waals surface area contributed by atoms with Gasteiger partial charge in [0.1, 0.15) is 5.65 Å². The number of pyridine rings is 1. The first-order valence-electron chi connectivity index (χ1n) is 6.70. The standard InChI is InChI=1S/C14H21N5O/c1-10(2)19(9-12(15)20)14-11(8-16-3)18-7-5-4-6-13(18)17-14/h4-7,10,16H,8-9H2,1-3H3,(H2,15,20). The molecule has 6 heteroatoms. The van der Waals surface area contributed by atoms with Crippen molar-refractivity contribution in [2.45, 2.75) is 26.4 Å². The third kappa shape index (κ3) is 2.75. The number of nitrogens with two attached hydrogens (primary N) is 1. The van der Waals surface area contributed by atoms with Crippen LogP contribution in [0.1, 0.15) is 19.5 Å². The number of amides is 1. The van der Waals surface area contributed by atoms with Crippen LogP contribution in [0.15, 0.2) is 24.4 Å². The number of carbonyl (C=O) groups excluding carboxylic acids is 1. The van der Waals surface area contributed by atoms with Gasteiger partial charge in [0, 0.05) is 18.8 Å². The molecule has 0 radical (unpaired) electrons. The lowest BCUT2D eigenvalue weighted by Crippen LogP contribution is -2.39. The first-order chi connectivity index (χ1) is 9.54. The van der Waals surface area contributed by atoms with Crippen molar-refractivity contribution in [3.8, 4) is 0 Å². The SMILES string of the molecule is CNCc1c(N(CC(N)=O)C(C)C)nc2ccccn12. The van der Waals surface area contributed by atoms with Crippen LogP contribution < -0.4 is 16.0 Å². The monoisotopic (exact) mass is 275 g/mol. The molecular weight excluding hydrogens is 254 g/mol. The molecule has 6 nitrogen and oxygen atoms in total. The van der Waals surface area contributed by atoms with Crippen molar-refractivity contribution in [3.05, 3.63) is 30.1 Å². The summed E-state index contributed by atoms with van der Waals surface area (Å²) in [4.78, 5) is 17.9. The van der Waals surface area contributed by atoms with Gasteiger partial charge in [-0.25, -0.2) is 4.98 Å². The first kappa shape index (κ1) is 14.3. The fraction of sp³-hybridized carbons (Fsp3) is 0.429. The molecule has 0 atom stereocenters. The largest absolute Gasteiger partial charge is 0.368 e. The maximum absolute atomic E-state index is 11.3. The highest BCUT2D eigenvalue weighted by molar-refractivity contribution is 5.79. The van der Waals surface area contributed by atoms with Crippen molar-refractivity contribution >= 4 is 17.4 Å². The maximum atomic E-state index is 11.3. The topological polar surface area (TPSA) is 75.7 Å². The van der Waals surface area contributed by atoms with Crippen molar-refractivity contribution in [1.29, 1.82) is 0 Å². The molecule has 0 aliphatic carbocycles. The Balaban J connectivity index is 2.55. The average Bonchev–Trinajstić information content (AvgIpc) is 2.75. The highest BCUT2D eigenvalue weighted by atomic mass is 16.1. The summed E-state index contributed by atoms with van der Waals surface area (Å²) in [6.07, 6.45) is 1.97. The number of nitrogens with one attached hydrogen (secondary N) is 1. The van der Waals surface area contributed by atoms with Crippen molar-refractivity contribution in [3.63, 3.8) is 0 Å². The lowest BCUT2D eigenvalue weighted by atomic mass is 10.2. The summed E-state index contributed by atoms with van der Waals surface area (Å²) in [6.45, 7) is 4.88. The van der Waals surface area contributed by atoms with Gasteiger partial charge in [-0.05, 0) is 33.0 Å². The molecule has 108 valence electrons. The van der Waals surface area contributed by atoms with Crippen LogP contribution in [0.2, 0.25) is 0 Å². The molecule has 3 N–H and O–H groups in total. The van der Waals surface area contributed by atoms with E-state index < -0.39 is 0 Å². The van der Waals surface area contributed by atoms with E-state index in [1.54, 1.807) is 0 Å². The second-order valence-corrected chi connectivity index (χ2v) is 5.03. The second kappa shape index (κ2) is 5.92. The quantitative estimate of drug-likeness (QED) is 0.816. The van der Waals surface area contributed by atoms with E-state index >= 15 is 0 Å². The van der Waals surface area contributed by atoms with Crippen LogP contribution in [0, 0.1) is 0 Å². The minimum atomic E-state index is -0.355. The van der Waals surface area contributed by atoms with Crippen molar-refractivity contribution < 1.29 is 4.79 Å². The van der Waals surface area contributed by atoms with E-state index in [0.717, 1.165) is 17.2 Å². The number of rotatable bonds is 6. The number of hydrogen-bond donors (Lipinski definition) is 2. The first-order valence-corrected chi connectivity index (χ1v) is 6.70. The van der Waals surface area contributed by atoms with Gasteiger partial charge in [-0.15, -0.1) is 0 Å². The van der Waals surface area contributed by atoms with Crippen LogP contribution in [0.5, 0.6) is 0 Å². The van der Waals surface area contributed by atoms with E-state index in [4.69, 9.17) is 5.73 Å². The number of aromatic nitrogens is 2. The predicted octanol–water partition coefficient (Wildman–Crippen LogP) is 0.754. The van der Waals surface area contributed by atoms with Crippen molar-refractivity contribution in [2.75, 3.05) is 18.5 Å². The van der Waals surface area contributed by atoms with Crippen molar-refractivity contribution in [2.24, 2.45) is 5.73 Å². The highest BCUT2D eigenvalue weighted by Crippen LogP contribution is 2.23. The van der Waals surface area contributed by atoms with Gasteiger partial charge in [-0.1, -0.05) is 6.07 Å². The fourth-order valence-electron chi connectivity index (χ4n) is 2.27. The summed E-state index contributed by atoms with van der Waals surface area (Å²) in [6, 6.07) is 6.00. The van der Waals surface area contributed by atoms with E-state index in [1.165, 1.54) is 0 Å². The van der Waals surface area contributed by atoms with Crippen LogP contribution in [0.3, 0.4) is 0 Å². The van der Waals surface area contributed by atoms with E-state index in [2.05, 4.69) is 10.3 Å². The smallest absolute Gasteiger partial charge is 0.237 e. The molecule has 0 spiro atoms. The molecule has 0 saturated carbocycles. The van der Waals surface area contributed by atoms with E-state index in [0.29, 0.717) is 6.54 Å². The molecule has 2 aromatic rings. The van der Waals surface area contributed by atoms with Gasteiger partial charge >= 0.3 is 0 Å². The normalized spacial score (nSPS) is 11.2. The van der Waals surface area contributed by atoms with E-state index in [9.17, 15) is 4.79 Å². The molecule has 2 heterocycles. The number of imidazole rings is 1. The molecule has 1 amide bonds. The summed E-state index contributed by atoms with van der Waals surface area (Å²) in [5, 5.41) is 3.15. The van der Waals surface area contributed by atoms with Crippen LogP contribution >= 0.6 is 0 Å². The number of nitrogens with zero attached hydrogens (tertiary/aromatic N) is 3. The Morgan fingerprint density at radius 1 is 1.50 bits per heavy atom. The molecule has 0 aliphatic heterocycles. The summed E-state index contributed by atoms with van der Waals surface area (Å²) < 4.78 is 2.03. The zero-order valence-corrected chi connectivity index (χ0v) is 12.1. The van der Waals surface area contributed by atoms with E-state index in [1.807, 2.05) is 54.6 Å². The lowest BCUT2D eigenvalue weighted by Gasteiger charge is -2.26. The van der Waals surface area contributed by atoms with Crippen LogP contribution in [0.25, 0.3) is 5.65 Å². The third-order valence-corrected chi connectivity index (χ3v) is 3.17. The van der Waals surface area contributed by atoms with Crippen LogP contribution in [-0.2, 0) is 11.3 Å². The van der Waals surface area contributed by atoms with Crippen LogP contribution in [0.4, 0.5) is 5.82 Å². The molecule has 2 rings (SSSR count). The molecule has 0 bridgehead atoms. The number of anilines is 1. The van der Waals surface area contributed by atoms with Gasteiger partial charge < -0.3 is 20.4 Å². The highest BCUT2D eigenvalue weighted by Gasteiger charge is 2.21. The molecule has 2 aromatic heterocycles. The maximum Gasteiger partial charge on any atom is 0.237 e. The summed E-state index contributed by atoms with van der Waals surface area (Å²) in [7, 11) is 1.89. The Morgan fingerprint density at radius 3 is 2.85 bits per heavy atom. The summed E-state index contributed by atoms with van der Waals surface area (Å²) in [5.74, 6) is 0.450. The van der Waals surface area contributed by atoms with Crippen molar-refractivity contribution in [1.82, 2.24) is 14.7 Å². The fourth-order valence-corrected chi connectivity index (χ4v) is 2.27. The third-order valence-electron chi connectivity index (χ3n) is 3.17. The molecule has 0 unspecified atom stereocenters. The zero-order valence-electron chi connectivity index (χ0n) is 12.1. The minimum absolute atomic E-state index is 0.142. The second-order valence-electron chi connectivity index (χ2n) is 5.03. The molecule has 0 aromatic carbocycles. The lowest BCUT2D eigenvalue weighted by molar-refractivity contribution is -0.116. The molecule has 0 aliphatic rings. The van der Waals surface area contributed by atoms with Gasteiger partial charge in [-0.2, -0.15) is 0 Å². The summed E-state index contributed by atoms with van der Waals surface area (Å²) in [5.41, 5.74) is 7.25. The Morgan fingerprint density at radius 2 is 2.25 bits per heavy atom. The molecule has 0 saturated heterocycles. The van der Waals surface area contributed by atoms with Gasteiger partial charge in [-0.3, -0.25) is 4.79 Å². The zero-order chi connectivity index (χ0) is 14.7. The van der Waals surface area contributed by atoms with Gasteiger partial charge in [0.15, 0.2) is 5.82 Å². The summed E-state index contributed by atoms with van der Waals surface area (Å²) >= 11 is 0. The van der Waals surface area contributed by atoms with Crippen LogP contribution in [-0.4, -0.2) is 34.9 Å². The van der Waals surface area contributed by atoms with Gasteiger partial charge in [0.25, 0.3) is 0 Å². The number of primary amides is 1. The Kier molecular flexibility index (Phi) is 4.24. The Bertz CT molecular complexity index is 605. The van der Waals surface area contributed by atoms with Gasteiger partial charge in [0.05, 0.1) is 12.2 Å².